The van der Waals surface area contributed by atoms with E-state index in [-0.39, 0.29) is 23.9 Å². The third kappa shape index (κ3) is 3.91. The van der Waals surface area contributed by atoms with E-state index in [1.54, 1.807) is 27.6 Å². The van der Waals surface area contributed by atoms with Gasteiger partial charge in [0, 0.05) is 50.3 Å². The van der Waals surface area contributed by atoms with Crippen LogP contribution >= 0.6 is 0 Å². The highest BCUT2D eigenvalue weighted by atomic mass is 19.1. The number of rotatable bonds is 3. The molecule has 0 spiro atoms. The van der Waals surface area contributed by atoms with E-state index in [0.29, 0.717) is 49.4 Å². The van der Waals surface area contributed by atoms with Gasteiger partial charge in [0.2, 0.25) is 0 Å². The normalized spacial score (nSPS) is 19.0. The van der Waals surface area contributed by atoms with Crippen molar-refractivity contribution in [2.75, 3.05) is 25.5 Å². The van der Waals surface area contributed by atoms with E-state index in [4.69, 9.17) is 5.26 Å². The zero-order valence-electron chi connectivity index (χ0n) is 18.0. The Morgan fingerprint density at radius 3 is 2.94 bits per heavy atom. The van der Waals surface area contributed by atoms with E-state index >= 15 is 0 Å². The molecule has 168 valence electrons. The molecule has 0 bridgehead atoms. The number of halogens is 1. The van der Waals surface area contributed by atoms with E-state index in [2.05, 4.69) is 10.4 Å². The second-order valence-corrected chi connectivity index (χ2v) is 8.29. The summed E-state index contributed by atoms with van der Waals surface area (Å²) in [6, 6.07) is 5.16. The summed E-state index contributed by atoms with van der Waals surface area (Å²) in [5, 5.41) is 26.7. The molecule has 2 aromatic rings. The molecule has 0 saturated carbocycles. The van der Waals surface area contributed by atoms with Crippen LogP contribution in [0.5, 0.6) is 0 Å². The zero-order valence-corrected chi connectivity index (χ0v) is 18.0. The summed E-state index contributed by atoms with van der Waals surface area (Å²) in [4.78, 5) is 29.1. The van der Waals surface area contributed by atoms with Crippen molar-refractivity contribution in [2.45, 2.75) is 39.0 Å². The van der Waals surface area contributed by atoms with Crippen LogP contribution < -0.4 is 5.32 Å². The van der Waals surface area contributed by atoms with Crippen LogP contribution in [0, 0.1) is 23.1 Å². The molecule has 1 aromatic heterocycles. The van der Waals surface area contributed by atoms with Gasteiger partial charge < -0.3 is 20.2 Å². The van der Waals surface area contributed by atoms with Gasteiger partial charge in [-0.3, -0.25) is 9.48 Å². The zero-order chi connectivity index (χ0) is 23.0. The lowest BCUT2D eigenvalue weighted by Crippen LogP contribution is -2.40. The summed E-state index contributed by atoms with van der Waals surface area (Å²) in [6.07, 6.45) is 0.551. The van der Waals surface area contributed by atoms with Gasteiger partial charge in [0.05, 0.1) is 23.9 Å². The Labute approximate surface area is 185 Å². The smallest absolute Gasteiger partial charge is 0.322 e. The Hall–Kier alpha value is -3.45. The molecule has 0 radical (unpaired) electrons. The lowest BCUT2D eigenvalue weighted by atomic mass is 10.0. The number of urea groups is 1. The first kappa shape index (κ1) is 21.8. The summed E-state index contributed by atoms with van der Waals surface area (Å²) in [5.74, 6) is -0.947. The molecule has 2 aliphatic heterocycles. The van der Waals surface area contributed by atoms with Crippen LogP contribution in [0.25, 0.3) is 0 Å². The molecule has 1 aromatic carbocycles. The van der Waals surface area contributed by atoms with Gasteiger partial charge in [0.1, 0.15) is 17.6 Å². The molecule has 32 heavy (non-hydrogen) atoms. The Morgan fingerprint density at radius 2 is 2.22 bits per heavy atom. The summed E-state index contributed by atoms with van der Waals surface area (Å²) in [6.45, 7) is 3.40. The van der Waals surface area contributed by atoms with Crippen molar-refractivity contribution >= 4 is 17.6 Å². The number of amides is 3. The van der Waals surface area contributed by atoms with Crippen LogP contribution in [0.2, 0.25) is 0 Å². The third-order valence-corrected chi connectivity index (χ3v) is 6.15. The predicted molar refractivity (Wildman–Crippen MR) is 113 cm³/mol. The molecule has 3 amide bonds. The van der Waals surface area contributed by atoms with Gasteiger partial charge >= 0.3 is 6.03 Å². The molecule has 0 aliphatic carbocycles. The number of anilines is 1. The quantitative estimate of drug-likeness (QED) is 0.757. The fourth-order valence-corrected chi connectivity index (χ4v) is 4.33. The number of fused-ring (bicyclic) bond motifs is 3. The summed E-state index contributed by atoms with van der Waals surface area (Å²) in [5.41, 5.74) is 2.12. The second kappa shape index (κ2) is 8.59. The second-order valence-electron chi connectivity index (χ2n) is 8.29. The van der Waals surface area contributed by atoms with Crippen molar-refractivity contribution in [1.82, 2.24) is 19.6 Å². The maximum absolute atomic E-state index is 13.5. The minimum Gasteiger partial charge on any atom is -0.393 e. The van der Waals surface area contributed by atoms with Gasteiger partial charge in [-0.1, -0.05) is 6.92 Å². The fraction of sp³-hybridized carbons (Fsp3) is 0.455. The first-order valence-corrected chi connectivity index (χ1v) is 10.6. The van der Waals surface area contributed by atoms with E-state index in [0.717, 1.165) is 11.8 Å². The lowest BCUT2D eigenvalue weighted by Gasteiger charge is -2.27. The van der Waals surface area contributed by atoms with E-state index in [1.165, 1.54) is 12.1 Å². The molecule has 2 aliphatic rings. The highest BCUT2D eigenvalue weighted by Gasteiger charge is 2.36. The van der Waals surface area contributed by atoms with Crippen molar-refractivity contribution in [1.29, 1.82) is 5.26 Å². The monoisotopic (exact) mass is 440 g/mol. The van der Waals surface area contributed by atoms with Crippen LogP contribution in [0.1, 0.15) is 40.7 Å². The molecule has 9 nitrogen and oxygen atoms in total. The van der Waals surface area contributed by atoms with Gasteiger partial charge in [-0.25, -0.2) is 9.18 Å². The largest absolute Gasteiger partial charge is 0.393 e. The Bertz CT molecular complexity index is 1110. The highest BCUT2D eigenvalue weighted by Crippen LogP contribution is 2.28. The fourth-order valence-electron chi connectivity index (χ4n) is 4.33. The van der Waals surface area contributed by atoms with Crippen LogP contribution in [-0.4, -0.2) is 62.9 Å². The van der Waals surface area contributed by atoms with Crippen molar-refractivity contribution in [3.63, 3.8) is 0 Å². The summed E-state index contributed by atoms with van der Waals surface area (Å²) >= 11 is 0. The lowest BCUT2D eigenvalue weighted by molar-refractivity contribution is 0.0626. The molecule has 1 unspecified atom stereocenters. The Morgan fingerprint density at radius 1 is 1.44 bits per heavy atom. The third-order valence-electron chi connectivity index (χ3n) is 6.15. The van der Waals surface area contributed by atoms with Crippen LogP contribution in [0.4, 0.5) is 14.9 Å². The SMILES string of the molecule is CCC(O)[C@H]1CN(C)C(=O)c2c3c(nn2C1)CCN(C(=O)Nc1ccc(F)c(C#N)c1)C3. The van der Waals surface area contributed by atoms with Crippen LogP contribution in [0.15, 0.2) is 18.2 Å². The van der Waals surface area contributed by atoms with Crippen molar-refractivity contribution in [3.8, 4) is 6.07 Å². The molecule has 3 heterocycles. The average Bonchev–Trinajstić information content (AvgIpc) is 3.09. The number of nitrogens with zero attached hydrogens (tertiary/aromatic N) is 5. The highest BCUT2D eigenvalue weighted by molar-refractivity contribution is 5.95. The number of aliphatic hydroxyl groups is 1. The van der Waals surface area contributed by atoms with E-state index in [1.807, 2.05) is 6.92 Å². The number of hydrogen-bond acceptors (Lipinski definition) is 5. The van der Waals surface area contributed by atoms with Gasteiger partial charge in [0.15, 0.2) is 0 Å². The molecule has 0 saturated heterocycles. The van der Waals surface area contributed by atoms with Crippen LogP contribution in [-0.2, 0) is 19.5 Å². The number of aliphatic hydroxyl groups excluding tert-OH is 1. The number of hydrogen-bond donors (Lipinski definition) is 2. The number of nitriles is 1. The molecular formula is C22H25FN6O3. The number of carbonyl (C=O) groups is 2. The maximum atomic E-state index is 13.5. The Balaban J connectivity index is 1.57. The number of benzene rings is 1. The summed E-state index contributed by atoms with van der Waals surface area (Å²) in [7, 11) is 1.71. The summed E-state index contributed by atoms with van der Waals surface area (Å²) < 4.78 is 15.2. The standard InChI is InChI=1S/C22H25FN6O3/c1-3-19(30)14-10-27(2)21(31)20-16-12-28(7-6-18(16)26-29(20)11-14)22(32)25-15-4-5-17(23)13(8-15)9-24/h4-5,8,14,19,30H,3,6-7,10-12H2,1-2H3,(H,25,32)/t14-,19?/m0/s1. The Kier molecular flexibility index (Phi) is 5.84. The van der Waals surface area contributed by atoms with E-state index in [9.17, 15) is 19.1 Å². The molecule has 0 fully saturated rings. The van der Waals surface area contributed by atoms with Gasteiger partial charge in [-0.05, 0) is 24.6 Å². The number of aromatic nitrogens is 2. The van der Waals surface area contributed by atoms with Gasteiger partial charge in [-0.15, -0.1) is 0 Å². The van der Waals surface area contributed by atoms with Crippen molar-refractivity contribution in [2.24, 2.45) is 5.92 Å². The van der Waals surface area contributed by atoms with Crippen LogP contribution in [0.3, 0.4) is 0 Å². The molecule has 2 atom stereocenters. The number of carbonyl (C=O) groups excluding carboxylic acids is 2. The molecule has 4 rings (SSSR count). The number of nitrogens with one attached hydrogen (secondary N) is 1. The van der Waals surface area contributed by atoms with Crippen molar-refractivity contribution < 1.29 is 19.1 Å². The first-order chi connectivity index (χ1) is 15.3. The van der Waals surface area contributed by atoms with Crippen molar-refractivity contribution in [3.05, 3.63) is 46.5 Å². The topological polar surface area (TPSA) is 114 Å². The minimum absolute atomic E-state index is 0.122. The molecule has 10 heteroatoms. The van der Waals surface area contributed by atoms with E-state index < -0.39 is 18.0 Å². The minimum atomic E-state index is -0.648. The molecule has 2 N–H and O–H groups in total. The van der Waals surface area contributed by atoms with Gasteiger partial charge in [-0.2, -0.15) is 10.4 Å². The molecular weight excluding hydrogens is 415 g/mol. The maximum Gasteiger partial charge on any atom is 0.322 e. The van der Waals surface area contributed by atoms with Gasteiger partial charge in [0.25, 0.3) is 5.91 Å². The average molecular weight is 440 g/mol. The predicted octanol–water partition coefficient (Wildman–Crippen LogP) is 1.96. The first-order valence-electron chi connectivity index (χ1n) is 10.6.